The van der Waals surface area contributed by atoms with E-state index in [-0.39, 0.29) is 5.82 Å². The molecule has 1 amide bonds. The van der Waals surface area contributed by atoms with Gasteiger partial charge in [0.2, 0.25) is 5.82 Å². The van der Waals surface area contributed by atoms with Crippen LogP contribution in [0.2, 0.25) is 5.02 Å². The molecule has 4 aromatic rings. The van der Waals surface area contributed by atoms with Crippen LogP contribution in [0.4, 0.5) is 5.69 Å². The van der Waals surface area contributed by atoms with Crippen molar-refractivity contribution in [1.29, 1.82) is 0 Å². The first-order chi connectivity index (χ1) is 15.9. The summed E-state index contributed by atoms with van der Waals surface area (Å²) < 4.78 is 12.3. The number of rotatable bonds is 6. The summed E-state index contributed by atoms with van der Waals surface area (Å²) in [6, 6.07) is 18.4. The summed E-state index contributed by atoms with van der Waals surface area (Å²) in [5.41, 5.74) is 4.15. The smallest absolute Gasteiger partial charge is 0.295 e. The number of carbonyl (C=O) groups excluding carboxylic acids is 1. The number of hydrogen-bond acceptors (Lipinski definition) is 5. The molecule has 0 atom stereocenters. The van der Waals surface area contributed by atoms with Gasteiger partial charge in [-0.15, -0.1) is 5.10 Å². The summed E-state index contributed by atoms with van der Waals surface area (Å²) in [5, 5.41) is 8.00. The number of methoxy groups -OCH3 is 2. The number of anilines is 1. The Bertz CT molecular complexity index is 1320. The Morgan fingerprint density at radius 1 is 0.970 bits per heavy atom. The van der Waals surface area contributed by atoms with Crippen molar-refractivity contribution in [3.05, 3.63) is 82.6 Å². The molecule has 0 saturated carbocycles. The number of hydrogen-bond donors (Lipinski definition) is 1. The zero-order chi connectivity index (χ0) is 23.5. The van der Waals surface area contributed by atoms with Gasteiger partial charge in [0, 0.05) is 16.7 Å². The van der Waals surface area contributed by atoms with Gasteiger partial charge in [-0.1, -0.05) is 23.7 Å². The van der Waals surface area contributed by atoms with Crippen LogP contribution in [0.15, 0.2) is 60.7 Å². The van der Waals surface area contributed by atoms with E-state index in [2.05, 4.69) is 15.4 Å². The molecule has 1 heterocycles. The predicted octanol–water partition coefficient (Wildman–Crippen LogP) is 5.47. The Morgan fingerprint density at radius 2 is 1.73 bits per heavy atom. The average molecular weight is 463 g/mol. The summed E-state index contributed by atoms with van der Waals surface area (Å²) in [6.07, 6.45) is 0. The highest BCUT2D eigenvalue weighted by atomic mass is 35.5. The lowest BCUT2D eigenvalue weighted by atomic mass is 10.1. The minimum absolute atomic E-state index is 0.0192. The van der Waals surface area contributed by atoms with Crippen LogP contribution < -0.4 is 14.8 Å². The van der Waals surface area contributed by atoms with Crippen molar-refractivity contribution in [3.8, 4) is 28.6 Å². The Kier molecular flexibility index (Phi) is 6.33. The molecule has 7 nitrogen and oxygen atoms in total. The van der Waals surface area contributed by atoms with Crippen molar-refractivity contribution < 1.29 is 14.3 Å². The highest BCUT2D eigenvalue weighted by Crippen LogP contribution is 2.30. The zero-order valence-corrected chi connectivity index (χ0v) is 19.5. The number of nitrogens with zero attached hydrogens (tertiary/aromatic N) is 3. The van der Waals surface area contributed by atoms with E-state index in [1.165, 1.54) is 7.11 Å². The SMILES string of the molecule is COc1ccc(OC)c(NC(=O)c2nc(-c3ccc(Cl)cc3)n(-c3cc(C)ccc3C)n2)c1. The highest BCUT2D eigenvalue weighted by molar-refractivity contribution is 6.30. The normalized spacial score (nSPS) is 10.7. The van der Waals surface area contributed by atoms with Crippen LogP contribution in [0, 0.1) is 13.8 Å². The van der Waals surface area contributed by atoms with Crippen molar-refractivity contribution in [3.63, 3.8) is 0 Å². The van der Waals surface area contributed by atoms with Gasteiger partial charge < -0.3 is 14.8 Å². The topological polar surface area (TPSA) is 78.3 Å². The molecular weight excluding hydrogens is 440 g/mol. The molecule has 0 aliphatic carbocycles. The standard InChI is InChI=1S/C25H23ClN4O3/c1-15-5-6-16(2)21(13-15)30-24(17-7-9-18(26)10-8-17)28-23(29-30)25(31)27-20-14-19(32-3)11-12-22(20)33-4/h5-14H,1-4H3,(H,27,31). The minimum Gasteiger partial charge on any atom is -0.497 e. The van der Waals surface area contributed by atoms with Gasteiger partial charge >= 0.3 is 0 Å². The van der Waals surface area contributed by atoms with Gasteiger partial charge in [-0.2, -0.15) is 0 Å². The first-order valence-electron chi connectivity index (χ1n) is 10.2. The molecule has 1 N–H and O–H groups in total. The third kappa shape index (κ3) is 4.68. The van der Waals surface area contributed by atoms with Gasteiger partial charge in [-0.25, -0.2) is 9.67 Å². The molecule has 0 bridgehead atoms. The molecule has 1 aromatic heterocycles. The average Bonchev–Trinajstić information content (AvgIpc) is 3.26. The van der Waals surface area contributed by atoms with Crippen LogP contribution in [0.1, 0.15) is 21.7 Å². The van der Waals surface area contributed by atoms with Gasteiger partial charge in [0.25, 0.3) is 5.91 Å². The van der Waals surface area contributed by atoms with Crippen molar-refractivity contribution >= 4 is 23.2 Å². The van der Waals surface area contributed by atoms with E-state index in [4.69, 9.17) is 21.1 Å². The molecule has 0 saturated heterocycles. The fraction of sp³-hybridized carbons (Fsp3) is 0.160. The molecular formula is C25H23ClN4O3. The van der Waals surface area contributed by atoms with E-state index < -0.39 is 5.91 Å². The van der Waals surface area contributed by atoms with Crippen LogP contribution in [0.3, 0.4) is 0 Å². The highest BCUT2D eigenvalue weighted by Gasteiger charge is 2.21. The number of benzene rings is 3. The number of amides is 1. The van der Waals surface area contributed by atoms with E-state index in [1.54, 1.807) is 42.1 Å². The summed E-state index contributed by atoms with van der Waals surface area (Å²) in [5.74, 6) is 1.16. The van der Waals surface area contributed by atoms with Crippen molar-refractivity contribution in [2.75, 3.05) is 19.5 Å². The molecule has 8 heteroatoms. The van der Waals surface area contributed by atoms with Gasteiger partial charge in [0.15, 0.2) is 5.82 Å². The van der Waals surface area contributed by atoms with Crippen molar-refractivity contribution in [2.45, 2.75) is 13.8 Å². The molecule has 0 aliphatic rings. The predicted molar refractivity (Wildman–Crippen MR) is 129 cm³/mol. The van der Waals surface area contributed by atoms with Crippen LogP contribution in [-0.2, 0) is 0 Å². The quantitative estimate of drug-likeness (QED) is 0.411. The number of ether oxygens (including phenoxy) is 2. The molecule has 0 fully saturated rings. The molecule has 0 radical (unpaired) electrons. The van der Waals surface area contributed by atoms with Gasteiger partial charge in [-0.05, 0) is 67.4 Å². The molecule has 3 aromatic carbocycles. The lowest BCUT2D eigenvalue weighted by Crippen LogP contribution is -2.15. The number of nitrogens with one attached hydrogen (secondary N) is 1. The van der Waals surface area contributed by atoms with Crippen molar-refractivity contribution in [1.82, 2.24) is 14.8 Å². The van der Waals surface area contributed by atoms with E-state index >= 15 is 0 Å². The van der Waals surface area contributed by atoms with Crippen LogP contribution >= 0.6 is 11.6 Å². The fourth-order valence-electron chi connectivity index (χ4n) is 3.40. The summed E-state index contributed by atoms with van der Waals surface area (Å²) in [6.45, 7) is 3.99. The second-order valence-corrected chi connectivity index (χ2v) is 7.92. The van der Waals surface area contributed by atoms with E-state index in [0.717, 1.165) is 22.4 Å². The monoisotopic (exact) mass is 462 g/mol. The van der Waals surface area contributed by atoms with E-state index in [9.17, 15) is 4.79 Å². The van der Waals surface area contributed by atoms with Gasteiger partial charge in [-0.3, -0.25) is 4.79 Å². The maximum Gasteiger partial charge on any atom is 0.295 e. The third-order valence-electron chi connectivity index (χ3n) is 5.16. The molecule has 0 aliphatic heterocycles. The Labute approximate surface area is 196 Å². The third-order valence-corrected chi connectivity index (χ3v) is 5.41. The van der Waals surface area contributed by atoms with Gasteiger partial charge in [0.1, 0.15) is 11.5 Å². The number of aryl methyl sites for hydroxylation is 2. The maximum absolute atomic E-state index is 13.1. The second-order valence-electron chi connectivity index (χ2n) is 7.49. The molecule has 0 spiro atoms. The summed E-state index contributed by atoms with van der Waals surface area (Å²) in [7, 11) is 3.09. The van der Waals surface area contributed by atoms with Gasteiger partial charge in [0.05, 0.1) is 25.6 Å². The fourth-order valence-corrected chi connectivity index (χ4v) is 3.53. The molecule has 33 heavy (non-hydrogen) atoms. The molecule has 168 valence electrons. The summed E-state index contributed by atoms with van der Waals surface area (Å²) in [4.78, 5) is 17.7. The Hall–Kier alpha value is -3.84. The number of halogens is 1. The minimum atomic E-state index is -0.471. The molecule has 0 unspecified atom stereocenters. The van der Waals surface area contributed by atoms with E-state index in [0.29, 0.717) is 28.0 Å². The molecule has 4 rings (SSSR count). The largest absolute Gasteiger partial charge is 0.497 e. The Morgan fingerprint density at radius 3 is 2.42 bits per heavy atom. The number of aromatic nitrogens is 3. The van der Waals surface area contributed by atoms with Crippen LogP contribution in [0.25, 0.3) is 17.1 Å². The Balaban J connectivity index is 1.79. The first-order valence-corrected chi connectivity index (χ1v) is 10.6. The van der Waals surface area contributed by atoms with Crippen molar-refractivity contribution in [2.24, 2.45) is 0 Å². The lowest BCUT2D eigenvalue weighted by Gasteiger charge is -2.11. The summed E-state index contributed by atoms with van der Waals surface area (Å²) >= 11 is 6.07. The second kappa shape index (κ2) is 9.34. The van der Waals surface area contributed by atoms with Crippen LogP contribution in [0.5, 0.6) is 11.5 Å². The van der Waals surface area contributed by atoms with Crippen LogP contribution in [-0.4, -0.2) is 34.9 Å². The number of carbonyl (C=O) groups is 1. The maximum atomic E-state index is 13.1. The zero-order valence-electron chi connectivity index (χ0n) is 18.7. The first kappa shape index (κ1) is 22.4. The van der Waals surface area contributed by atoms with E-state index in [1.807, 2.05) is 44.2 Å². The lowest BCUT2D eigenvalue weighted by molar-refractivity contribution is 0.101.